The number of aryl methyl sites for hydroxylation is 2. The fourth-order valence-electron chi connectivity index (χ4n) is 4.95. The number of halogens is 1. The van der Waals surface area contributed by atoms with Crippen LogP contribution in [-0.2, 0) is 11.2 Å². The molecule has 0 aromatic carbocycles. The number of ether oxygens (including phenoxy) is 1. The van der Waals surface area contributed by atoms with Crippen LogP contribution < -0.4 is 10.1 Å². The molecule has 5 rings (SSSR count). The lowest BCUT2D eigenvalue weighted by molar-refractivity contribution is -0.131. The molecule has 1 amide bonds. The van der Waals surface area contributed by atoms with Crippen molar-refractivity contribution in [2.45, 2.75) is 44.6 Å². The number of nitrogens with zero attached hydrogens (tertiary/aromatic N) is 5. The van der Waals surface area contributed by atoms with Gasteiger partial charge in [0.1, 0.15) is 11.6 Å². The maximum absolute atomic E-state index is 14.4. The summed E-state index contributed by atoms with van der Waals surface area (Å²) in [7, 11) is 1.47. The van der Waals surface area contributed by atoms with Crippen LogP contribution in [0.1, 0.15) is 42.5 Å². The first kappa shape index (κ1) is 22.2. The van der Waals surface area contributed by atoms with E-state index in [2.05, 4.69) is 26.3 Å². The normalized spacial score (nSPS) is 20.1. The molecule has 1 fully saturated rings. The van der Waals surface area contributed by atoms with E-state index in [9.17, 15) is 9.18 Å². The van der Waals surface area contributed by atoms with Crippen molar-refractivity contribution in [3.8, 4) is 17.3 Å². The zero-order chi connectivity index (χ0) is 23.9. The third-order valence-electron chi connectivity index (χ3n) is 6.93. The third kappa shape index (κ3) is 3.95. The van der Waals surface area contributed by atoms with Crippen LogP contribution in [0.15, 0.2) is 36.8 Å². The number of amides is 1. The van der Waals surface area contributed by atoms with Gasteiger partial charge >= 0.3 is 0 Å². The highest BCUT2D eigenvalue weighted by Crippen LogP contribution is 2.38. The molecule has 5 heterocycles. The quantitative estimate of drug-likeness (QED) is 0.634. The van der Waals surface area contributed by atoms with Crippen LogP contribution in [-0.4, -0.2) is 56.5 Å². The van der Waals surface area contributed by atoms with Crippen molar-refractivity contribution in [3.05, 3.63) is 59.4 Å². The molecular weight excluding hydrogens is 435 g/mol. The number of aromatic nitrogens is 4. The van der Waals surface area contributed by atoms with Crippen LogP contribution in [0.3, 0.4) is 0 Å². The smallest absolute Gasteiger partial charge is 0.230 e. The summed E-state index contributed by atoms with van der Waals surface area (Å²) in [4.78, 5) is 32.5. The minimum Gasteiger partial charge on any atom is -0.481 e. The van der Waals surface area contributed by atoms with E-state index in [1.165, 1.54) is 13.2 Å². The van der Waals surface area contributed by atoms with Crippen molar-refractivity contribution in [1.82, 2.24) is 24.8 Å². The van der Waals surface area contributed by atoms with Crippen molar-refractivity contribution in [2.24, 2.45) is 0 Å². The standard InChI is InChI=1S/C25H27FN6O2/c1-15(18-12-21(34-3)29-13-20(18)26)24(33)32-10-7-25(14-32)6-5-17-11-19(16(2)30-22(17)31-25)23-27-8-4-9-28-23/h4,8-9,11-13,15H,5-7,10,14H2,1-3H3,(H,30,31)/t15?,25-/m0/s1. The van der Waals surface area contributed by atoms with Gasteiger partial charge in [0.15, 0.2) is 5.82 Å². The molecule has 9 heteroatoms. The fraction of sp³-hybridized carbons (Fsp3) is 0.400. The lowest BCUT2D eigenvalue weighted by Gasteiger charge is -2.36. The Hall–Kier alpha value is -3.62. The molecule has 0 aliphatic carbocycles. The van der Waals surface area contributed by atoms with Crippen LogP contribution in [0.5, 0.6) is 5.88 Å². The molecule has 176 valence electrons. The zero-order valence-electron chi connectivity index (χ0n) is 19.5. The molecule has 2 atom stereocenters. The van der Waals surface area contributed by atoms with Gasteiger partial charge in [0, 0.05) is 42.7 Å². The molecule has 1 spiro atoms. The molecule has 0 radical (unpaired) electrons. The molecule has 0 saturated carbocycles. The number of fused-ring (bicyclic) bond motifs is 1. The SMILES string of the molecule is COc1cc(C(C)C(=O)N2CC[C@@]3(CCc4cc(-c5ncccn5)c(C)nc4N3)C2)c(F)cn1. The molecule has 0 bridgehead atoms. The Balaban J connectivity index is 1.33. The van der Waals surface area contributed by atoms with Gasteiger partial charge in [0.05, 0.1) is 30.5 Å². The van der Waals surface area contributed by atoms with Crippen LogP contribution >= 0.6 is 0 Å². The van der Waals surface area contributed by atoms with Gasteiger partial charge in [0.25, 0.3) is 0 Å². The highest BCUT2D eigenvalue weighted by Gasteiger charge is 2.43. The second-order valence-electron chi connectivity index (χ2n) is 9.09. The fourth-order valence-corrected chi connectivity index (χ4v) is 4.95. The van der Waals surface area contributed by atoms with Crippen molar-refractivity contribution in [3.63, 3.8) is 0 Å². The minimum atomic E-state index is -0.628. The Morgan fingerprint density at radius 3 is 2.79 bits per heavy atom. The van der Waals surface area contributed by atoms with Gasteiger partial charge in [0.2, 0.25) is 11.8 Å². The summed E-state index contributed by atoms with van der Waals surface area (Å²) in [6.45, 7) is 4.86. The molecule has 1 saturated heterocycles. The number of nitrogens with one attached hydrogen (secondary N) is 1. The van der Waals surface area contributed by atoms with Crippen molar-refractivity contribution in [2.75, 3.05) is 25.5 Å². The van der Waals surface area contributed by atoms with Gasteiger partial charge < -0.3 is 15.0 Å². The number of pyridine rings is 2. The van der Waals surface area contributed by atoms with Crippen LogP contribution in [0.25, 0.3) is 11.4 Å². The maximum Gasteiger partial charge on any atom is 0.230 e. The van der Waals surface area contributed by atoms with E-state index >= 15 is 0 Å². The van der Waals surface area contributed by atoms with Crippen molar-refractivity contribution < 1.29 is 13.9 Å². The summed E-state index contributed by atoms with van der Waals surface area (Å²) in [5, 5.41) is 3.64. The second kappa shape index (κ2) is 8.62. The van der Waals surface area contributed by atoms with E-state index in [1.54, 1.807) is 25.4 Å². The predicted molar refractivity (Wildman–Crippen MR) is 125 cm³/mol. The summed E-state index contributed by atoms with van der Waals surface area (Å²) < 4.78 is 19.5. The highest BCUT2D eigenvalue weighted by atomic mass is 19.1. The molecule has 2 aliphatic heterocycles. The van der Waals surface area contributed by atoms with E-state index in [0.29, 0.717) is 30.4 Å². The molecule has 8 nitrogen and oxygen atoms in total. The lowest BCUT2D eigenvalue weighted by atomic mass is 9.86. The maximum atomic E-state index is 14.4. The first-order chi connectivity index (χ1) is 16.4. The largest absolute Gasteiger partial charge is 0.481 e. The average molecular weight is 463 g/mol. The Morgan fingerprint density at radius 1 is 1.24 bits per heavy atom. The van der Waals surface area contributed by atoms with Gasteiger partial charge in [-0.3, -0.25) is 4.79 Å². The second-order valence-corrected chi connectivity index (χ2v) is 9.09. The Bertz CT molecular complexity index is 1240. The summed E-state index contributed by atoms with van der Waals surface area (Å²) in [6, 6.07) is 5.41. The van der Waals surface area contributed by atoms with Crippen molar-refractivity contribution >= 4 is 11.7 Å². The number of carbonyl (C=O) groups is 1. The number of anilines is 1. The van der Waals surface area contributed by atoms with Gasteiger partial charge in [-0.1, -0.05) is 0 Å². The van der Waals surface area contributed by atoms with E-state index in [1.807, 2.05) is 11.8 Å². The Kier molecular flexibility index (Phi) is 5.63. The van der Waals surface area contributed by atoms with E-state index in [0.717, 1.165) is 48.1 Å². The predicted octanol–water partition coefficient (Wildman–Crippen LogP) is 3.52. The van der Waals surface area contributed by atoms with Gasteiger partial charge in [-0.2, -0.15) is 0 Å². The summed E-state index contributed by atoms with van der Waals surface area (Å²) in [5.74, 6) is 0.589. The van der Waals surface area contributed by atoms with E-state index < -0.39 is 11.7 Å². The Labute approximate surface area is 197 Å². The minimum absolute atomic E-state index is 0.0997. The molecule has 34 heavy (non-hydrogen) atoms. The van der Waals surface area contributed by atoms with Gasteiger partial charge in [-0.05, 0) is 50.8 Å². The molecule has 3 aromatic rings. The first-order valence-corrected chi connectivity index (χ1v) is 11.4. The number of likely N-dealkylation sites (tertiary alicyclic amines) is 1. The zero-order valence-corrected chi connectivity index (χ0v) is 19.5. The third-order valence-corrected chi connectivity index (χ3v) is 6.93. The number of hydrogen-bond donors (Lipinski definition) is 1. The monoisotopic (exact) mass is 462 g/mol. The van der Waals surface area contributed by atoms with Gasteiger partial charge in [-0.25, -0.2) is 24.3 Å². The summed E-state index contributed by atoms with van der Waals surface area (Å²) >= 11 is 0. The number of methoxy groups -OCH3 is 1. The van der Waals surface area contributed by atoms with E-state index in [4.69, 9.17) is 9.72 Å². The molecule has 1 unspecified atom stereocenters. The molecule has 1 N–H and O–H groups in total. The average Bonchev–Trinajstić information content (AvgIpc) is 3.26. The highest BCUT2D eigenvalue weighted by molar-refractivity contribution is 5.84. The number of rotatable bonds is 4. The van der Waals surface area contributed by atoms with Crippen LogP contribution in [0, 0.1) is 12.7 Å². The lowest BCUT2D eigenvalue weighted by Crippen LogP contribution is -2.46. The summed E-state index contributed by atoms with van der Waals surface area (Å²) in [5.41, 5.74) is 2.98. The molecule has 3 aromatic heterocycles. The van der Waals surface area contributed by atoms with Gasteiger partial charge in [-0.15, -0.1) is 0 Å². The summed E-state index contributed by atoms with van der Waals surface area (Å²) in [6.07, 6.45) is 7.11. The molecular formula is C25H27FN6O2. The number of hydrogen-bond acceptors (Lipinski definition) is 7. The van der Waals surface area contributed by atoms with E-state index in [-0.39, 0.29) is 11.4 Å². The topological polar surface area (TPSA) is 93.1 Å². The van der Waals surface area contributed by atoms with Crippen LogP contribution in [0.4, 0.5) is 10.2 Å². The first-order valence-electron chi connectivity index (χ1n) is 11.4. The number of carbonyl (C=O) groups excluding carboxylic acids is 1. The Morgan fingerprint density at radius 2 is 2.03 bits per heavy atom. The van der Waals surface area contributed by atoms with Crippen molar-refractivity contribution in [1.29, 1.82) is 0 Å². The van der Waals surface area contributed by atoms with Crippen LogP contribution in [0.2, 0.25) is 0 Å². The molecule has 2 aliphatic rings.